The highest BCUT2D eigenvalue weighted by molar-refractivity contribution is 5.54. The number of anilines is 1. The first-order valence-corrected chi connectivity index (χ1v) is 6.05. The van der Waals surface area contributed by atoms with E-state index in [-0.39, 0.29) is 11.9 Å². The van der Waals surface area contributed by atoms with E-state index in [1.807, 2.05) is 6.07 Å². The van der Waals surface area contributed by atoms with E-state index in [0.717, 1.165) is 37.4 Å². The normalized spacial score (nSPS) is 21.4. The summed E-state index contributed by atoms with van der Waals surface area (Å²) in [4.78, 5) is 2.24. The SMILES string of the molecule is CC1CN(c2ccc(F)cc2CN)CCCO1. The number of hydrogen-bond donors (Lipinski definition) is 1. The van der Waals surface area contributed by atoms with Crippen LogP contribution in [0.4, 0.5) is 10.1 Å². The van der Waals surface area contributed by atoms with Crippen LogP contribution in [0.25, 0.3) is 0 Å². The van der Waals surface area contributed by atoms with Gasteiger partial charge >= 0.3 is 0 Å². The summed E-state index contributed by atoms with van der Waals surface area (Å²) in [5, 5.41) is 0. The molecular formula is C13H19FN2O. The van der Waals surface area contributed by atoms with Crippen molar-refractivity contribution in [1.82, 2.24) is 0 Å². The number of nitrogens with two attached hydrogens (primary N) is 1. The van der Waals surface area contributed by atoms with E-state index in [0.29, 0.717) is 6.54 Å². The Labute approximate surface area is 101 Å². The molecule has 0 spiro atoms. The molecule has 1 heterocycles. The smallest absolute Gasteiger partial charge is 0.123 e. The van der Waals surface area contributed by atoms with E-state index in [1.165, 1.54) is 12.1 Å². The maximum atomic E-state index is 13.2. The van der Waals surface area contributed by atoms with E-state index in [4.69, 9.17) is 10.5 Å². The van der Waals surface area contributed by atoms with Gasteiger partial charge in [0.05, 0.1) is 6.10 Å². The van der Waals surface area contributed by atoms with E-state index in [2.05, 4.69) is 11.8 Å². The van der Waals surface area contributed by atoms with Gasteiger partial charge in [0, 0.05) is 31.9 Å². The Hall–Kier alpha value is -1.13. The van der Waals surface area contributed by atoms with Gasteiger partial charge in [0.15, 0.2) is 0 Å². The fourth-order valence-electron chi connectivity index (χ4n) is 2.24. The van der Waals surface area contributed by atoms with Crippen LogP contribution in [0.15, 0.2) is 18.2 Å². The topological polar surface area (TPSA) is 38.5 Å². The lowest BCUT2D eigenvalue weighted by molar-refractivity contribution is 0.0821. The number of hydrogen-bond acceptors (Lipinski definition) is 3. The average Bonchev–Trinajstić information content (AvgIpc) is 2.53. The second-order valence-electron chi connectivity index (χ2n) is 4.46. The number of rotatable bonds is 2. The van der Waals surface area contributed by atoms with Gasteiger partial charge in [-0.25, -0.2) is 4.39 Å². The van der Waals surface area contributed by atoms with Gasteiger partial charge in [-0.15, -0.1) is 0 Å². The summed E-state index contributed by atoms with van der Waals surface area (Å²) in [5.41, 5.74) is 7.57. The van der Waals surface area contributed by atoms with Gasteiger partial charge < -0.3 is 15.4 Å². The molecule has 94 valence electrons. The summed E-state index contributed by atoms with van der Waals surface area (Å²) >= 11 is 0. The van der Waals surface area contributed by atoms with Gasteiger partial charge in [0.25, 0.3) is 0 Å². The van der Waals surface area contributed by atoms with Crippen LogP contribution in [-0.2, 0) is 11.3 Å². The van der Waals surface area contributed by atoms with E-state index in [9.17, 15) is 4.39 Å². The van der Waals surface area contributed by atoms with Gasteiger partial charge in [-0.3, -0.25) is 0 Å². The van der Waals surface area contributed by atoms with Crippen LogP contribution in [0.5, 0.6) is 0 Å². The van der Waals surface area contributed by atoms with Crippen molar-refractivity contribution in [2.45, 2.75) is 26.0 Å². The van der Waals surface area contributed by atoms with Crippen LogP contribution in [0.1, 0.15) is 18.9 Å². The molecule has 1 aromatic carbocycles. The van der Waals surface area contributed by atoms with Crippen molar-refractivity contribution in [3.05, 3.63) is 29.6 Å². The van der Waals surface area contributed by atoms with Crippen LogP contribution in [-0.4, -0.2) is 25.8 Å². The van der Waals surface area contributed by atoms with Gasteiger partial charge in [-0.05, 0) is 37.1 Å². The summed E-state index contributed by atoms with van der Waals surface area (Å²) in [6.07, 6.45) is 1.19. The second kappa shape index (κ2) is 5.47. The summed E-state index contributed by atoms with van der Waals surface area (Å²) in [6.45, 7) is 4.97. The number of benzene rings is 1. The standard InChI is InChI=1S/C13H19FN2O/c1-10-9-16(5-2-6-17-10)13-4-3-12(14)7-11(13)8-15/h3-4,7,10H,2,5-6,8-9,15H2,1H3. The van der Waals surface area contributed by atoms with Gasteiger partial charge in [0.1, 0.15) is 5.82 Å². The van der Waals surface area contributed by atoms with Crippen molar-refractivity contribution in [3.8, 4) is 0 Å². The molecule has 1 aliphatic rings. The molecule has 0 aliphatic carbocycles. The molecule has 1 saturated heterocycles. The quantitative estimate of drug-likeness (QED) is 0.855. The summed E-state index contributed by atoms with van der Waals surface area (Å²) in [6, 6.07) is 4.83. The first-order chi connectivity index (χ1) is 8.20. The monoisotopic (exact) mass is 238 g/mol. The maximum absolute atomic E-state index is 13.2. The van der Waals surface area contributed by atoms with E-state index < -0.39 is 0 Å². The highest BCUT2D eigenvalue weighted by Crippen LogP contribution is 2.23. The zero-order valence-corrected chi connectivity index (χ0v) is 10.2. The summed E-state index contributed by atoms with van der Waals surface area (Å²) in [5.74, 6) is -0.228. The fraction of sp³-hybridized carbons (Fsp3) is 0.538. The van der Waals surface area contributed by atoms with E-state index >= 15 is 0 Å². The third kappa shape index (κ3) is 2.96. The number of halogens is 1. The van der Waals surface area contributed by atoms with Crippen LogP contribution >= 0.6 is 0 Å². The van der Waals surface area contributed by atoms with E-state index in [1.54, 1.807) is 0 Å². The minimum atomic E-state index is -0.228. The zero-order chi connectivity index (χ0) is 12.3. The molecule has 0 bridgehead atoms. The van der Waals surface area contributed by atoms with Crippen LogP contribution in [0.3, 0.4) is 0 Å². The predicted octanol–water partition coefficient (Wildman–Crippen LogP) is 1.90. The van der Waals surface area contributed by atoms with Gasteiger partial charge in [0.2, 0.25) is 0 Å². The van der Waals surface area contributed by atoms with Crippen molar-refractivity contribution >= 4 is 5.69 Å². The molecule has 1 aromatic rings. The summed E-state index contributed by atoms with van der Waals surface area (Å²) < 4.78 is 18.8. The molecule has 0 saturated carbocycles. The first-order valence-electron chi connectivity index (χ1n) is 6.05. The number of ether oxygens (including phenoxy) is 1. The minimum Gasteiger partial charge on any atom is -0.377 e. The molecule has 1 fully saturated rings. The maximum Gasteiger partial charge on any atom is 0.123 e. The van der Waals surface area contributed by atoms with Gasteiger partial charge in [-0.1, -0.05) is 0 Å². The molecule has 4 heteroatoms. The molecule has 0 radical (unpaired) electrons. The Morgan fingerprint density at radius 3 is 3.12 bits per heavy atom. The predicted molar refractivity (Wildman–Crippen MR) is 66.5 cm³/mol. The summed E-state index contributed by atoms with van der Waals surface area (Å²) in [7, 11) is 0. The fourth-order valence-corrected chi connectivity index (χ4v) is 2.24. The number of nitrogens with zero attached hydrogens (tertiary/aromatic N) is 1. The molecule has 0 aromatic heterocycles. The average molecular weight is 238 g/mol. The largest absolute Gasteiger partial charge is 0.377 e. The second-order valence-corrected chi connectivity index (χ2v) is 4.46. The lowest BCUT2D eigenvalue weighted by Crippen LogP contribution is -2.31. The molecule has 17 heavy (non-hydrogen) atoms. The van der Waals surface area contributed by atoms with Crippen LogP contribution in [0, 0.1) is 5.82 Å². The Kier molecular flexibility index (Phi) is 3.97. The van der Waals surface area contributed by atoms with Crippen molar-refractivity contribution in [2.24, 2.45) is 5.73 Å². The minimum absolute atomic E-state index is 0.202. The molecule has 1 atom stereocenters. The first kappa shape index (κ1) is 12.3. The van der Waals surface area contributed by atoms with Crippen LogP contribution < -0.4 is 10.6 Å². The van der Waals surface area contributed by atoms with Crippen molar-refractivity contribution in [1.29, 1.82) is 0 Å². The Morgan fingerprint density at radius 2 is 2.35 bits per heavy atom. The van der Waals surface area contributed by atoms with Crippen molar-refractivity contribution in [3.63, 3.8) is 0 Å². The Bertz CT molecular complexity index is 384. The third-order valence-electron chi connectivity index (χ3n) is 3.05. The lowest BCUT2D eigenvalue weighted by Gasteiger charge is -2.26. The molecule has 2 rings (SSSR count). The van der Waals surface area contributed by atoms with Crippen LogP contribution in [0.2, 0.25) is 0 Å². The van der Waals surface area contributed by atoms with Crippen molar-refractivity contribution in [2.75, 3.05) is 24.6 Å². The molecule has 1 aliphatic heterocycles. The van der Waals surface area contributed by atoms with Gasteiger partial charge in [-0.2, -0.15) is 0 Å². The highest BCUT2D eigenvalue weighted by Gasteiger charge is 2.17. The Balaban J connectivity index is 2.25. The Morgan fingerprint density at radius 1 is 1.53 bits per heavy atom. The third-order valence-corrected chi connectivity index (χ3v) is 3.05. The highest BCUT2D eigenvalue weighted by atomic mass is 19.1. The molecule has 0 amide bonds. The molecule has 1 unspecified atom stereocenters. The lowest BCUT2D eigenvalue weighted by atomic mass is 10.1. The van der Waals surface area contributed by atoms with Crippen molar-refractivity contribution < 1.29 is 9.13 Å². The molecule has 3 nitrogen and oxygen atoms in total. The molecule has 2 N–H and O–H groups in total. The molecular weight excluding hydrogens is 219 g/mol. The zero-order valence-electron chi connectivity index (χ0n) is 10.2.